The van der Waals surface area contributed by atoms with Crippen molar-refractivity contribution in [1.82, 2.24) is 10.2 Å². The van der Waals surface area contributed by atoms with Crippen molar-refractivity contribution in [3.63, 3.8) is 0 Å². The highest BCUT2D eigenvalue weighted by atomic mass is 127. The maximum absolute atomic E-state index is 13.4. The number of halogens is 1. The molecule has 1 aliphatic rings. The summed E-state index contributed by atoms with van der Waals surface area (Å²) in [5.74, 6) is 0.448. The molecular weight excluding hydrogens is 659 g/mol. The Hall–Kier alpha value is -3.20. The third-order valence-corrected chi connectivity index (χ3v) is 7.58. The summed E-state index contributed by atoms with van der Waals surface area (Å²) in [5, 5.41) is 23.5. The molecule has 3 rings (SSSR count). The molecule has 0 radical (unpaired) electrons. The third kappa shape index (κ3) is 8.66. The quantitative estimate of drug-likeness (QED) is 0.189. The highest BCUT2D eigenvalue weighted by Gasteiger charge is 2.41. The molecule has 0 heterocycles. The van der Waals surface area contributed by atoms with E-state index in [1.165, 1.54) is 24.2 Å². The lowest BCUT2D eigenvalue weighted by Crippen LogP contribution is -2.56. The summed E-state index contributed by atoms with van der Waals surface area (Å²) >= 11 is 2.00. The number of carbonyl (C=O) groups excluding carboxylic acids is 3. The van der Waals surface area contributed by atoms with E-state index in [4.69, 9.17) is 18.9 Å². The summed E-state index contributed by atoms with van der Waals surface area (Å²) in [6, 6.07) is 9.77. The molecule has 12 heteroatoms. The van der Waals surface area contributed by atoms with Crippen LogP contribution < -0.4 is 19.5 Å². The summed E-state index contributed by atoms with van der Waals surface area (Å²) in [6.07, 6.45) is 0.423. The van der Waals surface area contributed by atoms with Crippen LogP contribution in [0.4, 0.5) is 0 Å². The second kappa shape index (κ2) is 16.4. The Morgan fingerprint density at radius 3 is 2.64 bits per heavy atom. The SMILES string of the molecule is CCOCC(=O)N(CCc1cccc(OC)c1)[C@@H]1CC(C(=O)NCCO)=C[C@H](Oc2c(I)cc(C=O)cc2OC)[C@H]1O. The first-order valence-corrected chi connectivity index (χ1v) is 14.6. The summed E-state index contributed by atoms with van der Waals surface area (Å²) in [7, 11) is 3.01. The molecule has 2 aromatic rings. The number of hydrogen-bond donors (Lipinski definition) is 3. The largest absolute Gasteiger partial charge is 0.497 e. The second-order valence-electron chi connectivity index (χ2n) is 9.49. The summed E-state index contributed by atoms with van der Waals surface area (Å²) in [5.41, 5.74) is 1.60. The number of nitrogens with zero attached hydrogens (tertiary/aromatic N) is 1. The van der Waals surface area contributed by atoms with Gasteiger partial charge in [-0.15, -0.1) is 0 Å². The standard InChI is InChI=1S/C30H37IN2O9/c1-4-41-18-27(36)33(10-8-19-6-5-7-22(12-19)39-2)24-15-21(30(38)32-9-11-34)16-25(28(24)37)42-29-23(31)13-20(17-35)14-26(29)40-3/h5-7,12-14,16-17,24-25,28,34,37H,4,8-11,15,18H2,1-3H3,(H,32,38)/t24-,25+,28+/m1/s1. The molecule has 228 valence electrons. The van der Waals surface area contributed by atoms with Gasteiger partial charge in [-0.2, -0.15) is 0 Å². The molecule has 2 aromatic carbocycles. The van der Waals surface area contributed by atoms with E-state index in [1.807, 2.05) is 46.9 Å². The minimum atomic E-state index is -1.23. The molecule has 2 amide bonds. The molecule has 0 spiro atoms. The molecule has 0 bridgehead atoms. The topological polar surface area (TPSA) is 144 Å². The Bertz CT molecular complexity index is 1270. The van der Waals surface area contributed by atoms with E-state index in [1.54, 1.807) is 20.1 Å². The number of benzene rings is 2. The monoisotopic (exact) mass is 696 g/mol. The van der Waals surface area contributed by atoms with Crippen LogP contribution in [0.15, 0.2) is 48.0 Å². The first kappa shape index (κ1) is 33.3. The van der Waals surface area contributed by atoms with Crippen molar-refractivity contribution >= 4 is 40.7 Å². The van der Waals surface area contributed by atoms with Crippen LogP contribution in [0.5, 0.6) is 17.2 Å². The molecule has 0 unspecified atom stereocenters. The van der Waals surface area contributed by atoms with E-state index >= 15 is 0 Å². The fraction of sp³-hybridized carbons (Fsp3) is 0.433. The smallest absolute Gasteiger partial charge is 0.248 e. The fourth-order valence-electron chi connectivity index (χ4n) is 4.66. The van der Waals surface area contributed by atoms with Crippen LogP contribution in [0.25, 0.3) is 0 Å². The van der Waals surface area contributed by atoms with Gasteiger partial charge in [0.25, 0.3) is 0 Å². The van der Waals surface area contributed by atoms with Gasteiger partial charge >= 0.3 is 0 Å². The lowest BCUT2D eigenvalue weighted by atomic mass is 9.88. The van der Waals surface area contributed by atoms with Crippen LogP contribution in [0.2, 0.25) is 0 Å². The van der Waals surface area contributed by atoms with Gasteiger partial charge in [0.2, 0.25) is 11.8 Å². The van der Waals surface area contributed by atoms with Crippen molar-refractivity contribution in [2.24, 2.45) is 0 Å². The van der Waals surface area contributed by atoms with Crippen LogP contribution in [0.3, 0.4) is 0 Å². The van der Waals surface area contributed by atoms with Crippen LogP contribution in [0.1, 0.15) is 29.3 Å². The molecule has 0 fully saturated rings. The zero-order valence-electron chi connectivity index (χ0n) is 23.9. The lowest BCUT2D eigenvalue weighted by molar-refractivity contribution is -0.143. The number of hydrogen-bond acceptors (Lipinski definition) is 9. The van der Waals surface area contributed by atoms with E-state index in [0.29, 0.717) is 34.2 Å². The number of ether oxygens (including phenoxy) is 4. The van der Waals surface area contributed by atoms with Crippen LogP contribution >= 0.6 is 22.6 Å². The van der Waals surface area contributed by atoms with Crippen LogP contribution in [-0.2, 0) is 20.7 Å². The molecule has 3 N–H and O–H groups in total. The van der Waals surface area contributed by atoms with Crippen molar-refractivity contribution in [2.45, 2.75) is 38.0 Å². The Morgan fingerprint density at radius 2 is 1.98 bits per heavy atom. The average Bonchev–Trinajstić information content (AvgIpc) is 3.00. The minimum absolute atomic E-state index is 0.0383. The Balaban J connectivity index is 1.99. The maximum atomic E-state index is 13.4. The molecule has 3 atom stereocenters. The van der Waals surface area contributed by atoms with Gasteiger partial charge in [0, 0.05) is 37.3 Å². The van der Waals surface area contributed by atoms with Gasteiger partial charge in [-0.05, 0) is 71.8 Å². The van der Waals surface area contributed by atoms with Gasteiger partial charge in [0.15, 0.2) is 11.5 Å². The molecule has 0 saturated carbocycles. The van der Waals surface area contributed by atoms with Gasteiger partial charge in [0.05, 0.1) is 30.4 Å². The number of methoxy groups -OCH3 is 2. The molecule has 0 aliphatic heterocycles. The zero-order valence-corrected chi connectivity index (χ0v) is 26.0. The lowest BCUT2D eigenvalue weighted by Gasteiger charge is -2.40. The second-order valence-corrected chi connectivity index (χ2v) is 10.7. The van der Waals surface area contributed by atoms with Gasteiger partial charge in [-0.25, -0.2) is 0 Å². The van der Waals surface area contributed by atoms with E-state index < -0.39 is 24.2 Å². The fourth-order valence-corrected chi connectivity index (χ4v) is 5.42. The normalized spacial score (nSPS) is 18.0. The van der Waals surface area contributed by atoms with Crippen molar-refractivity contribution in [1.29, 1.82) is 0 Å². The van der Waals surface area contributed by atoms with E-state index in [2.05, 4.69) is 5.32 Å². The third-order valence-electron chi connectivity index (χ3n) is 6.78. The van der Waals surface area contributed by atoms with E-state index in [0.717, 1.165) is 5.56 Å². The first-order valence-electron chi connectivity index (χ1n) is 13.5. The number of rotatable bonds is 15. The maximum Gasteiger partial charge on any atom is 0.248 e. The first-order chi connectivity index (χ1) is 20.3. The molecule has 1 aliphatic carbocycles. The van der Waals surface area contributed by atoms with E-state index in [9.17, 15) is 24.6 Å². The Labute approximate surface area is 258 Å². The highest BCUT2D eigenvalue weighted by Crippen LogP contribution is 2.37. The zero-order chi connectivity index (χ0) is 30.6. The van der Waals surface area contributed by atoms with Gasteiger partial charge in [-0.3, -0.25) is 14.4 Å². The number of aliphatic hydroxyl groups excluding tert-OH is 2. The summed E-state index contributed by atoms with van der Waals surface area (Å²) in [4.78, 5) is 39.4. The predicted molar refractivity (Wildman–Crippen MR) is 163 cm³/mol. The molecule has 0 saturated heterocycles. The minimum Gasteiger partial charge on any atom is -0.497 e. The van der Waals surface area contributed by atoms with Gasteiger partial charge in [0.1, 0.15) is 30.9 Å². The number of aliphatic hydroxyl groups is 2. The molecule has 42 heavy (non-hydrogen) atoms. The number of nitrogens with one attached hydrogen (secondary N) is 1. The van der Waals surface area contributed by atoms with Gasteiger partial charge < -0.3 is 39.4 Å². The predicted octanol–water partition coefficient (Wildman–Crippen LogP) is 2.14. The van der Waals surface area contributed by atoms with Crippen molar-refractivity contribution < 1.29 is 43.5 Å². The Kier molecular flexibility index (Phi) is 13.0. The average molecular weight is 697 g/mol. The molecule has 11 nitrogen and oxygen atoms in total. The van der Waals surface area contributed by atoms with Crippen LogP contribution in [-0.4, -0.2) is 98.6 Å². The van der Waals surface area contributed by atoms with Crippen LogP contribution in [0, 0.1) is 3.57 Å². The Morgan fingerprint density at radius 1 is 1.19 bits per heavy atom. The number of aldehydes is 1. The van der Waals surface area contributed by atoms with E-state index in [-0.39, 0.29) is 55.7 Å². The van der Waals surface area contributed by atoms with Gasteiger partial charge in [-0.1, -0.05) is 12.1 Å². The molecule has 0 aromatic heterocycles. The van der Waals surface area contributed by atoms with Crippen molar-refractivity contribution in [3.05, 3.63) is 62.7 Å². The number of amides is 2. The highest BCUT2D eigenvalue weighted by molar-refractivity contribution is 14.1. The number of carbonyl (C=O) groups is 3. The van der Waals surface area contributed by atoms with Crippen molar-refractivity contribution in [2.75, 3.05) is 47.1 Å². The summed E-state index contributed by atoms with van der Waals surface area (Å²) < 4.78 is 23.0. The summed E-state index contributed by atoms with van der Waals surface area (Å²) in [6.45, 7) is 1.94. The molecular formula is C30H37IN2O9. The van der Waals surface area contributed by atoms with Crippen molar-refractivity contribution in [3.8, 4) is 17.2 Å².